The maximum Gasteiger partial charge on any atom is 0.205 e. The van der Waals surface area contributed by atoms with Gasteiger partial charge >= 0.3 is 0 Å². The molecule has 3 rings (SSSR count). The first-order valence-electron chi connectivity index (χ1n) is 9.92. The summed E-state index contributed by atoms with van der Waals surface area (Å²) in [5, 5.41) is 0. The second-order valence-electron chi connectivity index (χ2n) is 7.03. The van der Waals surface area contributed by atoms with Crippen molar-refractivity contribution in [3.8, 4) is 5.75 Å². The van der Waals surface area contributed by atoms with E-state index >= 15 is 0 Å². The first kappa shape index (κ1) is 21.6. The van der Waals surface area contributed by atoms with Crippen LogP contribution in [-0.2, 0) is 19.3 Å². The van der Waals surface area contributed by atoms with E-state index in [1.807, 2.05) is 55.5 Å². The maximum atomic E-state index is 13.0. The third-order valence-corrected chi connectivity index (χ3v) is 7.00. The standard InChI is InChI=1S/C23H28O5S/c1-3-23(28-21-5-4-16-27-17-21)29(24,25)22-14-10-19(11-15-22)7-6-18-8-12-20(26-2)13-9-18/h6-15,21,23H,3-5,16-17H2,1-2H3. The molecule has 1 aliphatic rings. The van der Waals surface area contributed by atoms with Crippen molar-refractivity contribution in [1.82, 2.24) is 0 Å². The Balaban J connectivity index is 1.68. The third kappa shape index (κ3) is 5.69. The van der Waals surface area contributed by atoms with Gasteiger partial charge in [-0.3, -0.25) is 0 Å². The minimum atomic E-state index is -3.56. The van der Waals surface area contributed by atoms with Gasteiger partial charge in [0.2, 0.25) is 9.84 Å². The molecule has 0 saturated carbocycles. The van der Waals surface area contributed by atoms with Crippen molar-refractivity contribution in [2.24, 2.45) is 0 Å². The Hall–Kier alpha value is -2.15. The molecule has 0 N–H and O–H groups in total. The molecule has 2 aromatic carbocycles. The molecule has 0 aromatic heterocycles. The van der Waals surface area contributed by atoms with E-state index < -0.39 is 15.3 Å². The van der Waals surface area contributed by atoms with Gasteiger partial charge in [0.15, 0.2) is 5.44 Å². The summed E-state index contributed by atoms with van der Waals surface area (Å²) < 4.78 is 42.4. The Morgan fingerprint density at radius 2 is 1.69 bits per heavy atom. The van der Waals surface area contributed by atoms with Crippen LogP contribution in [0.5, 0.6) is 5.75 Å². The minimum absolute atomic E-state index is 0.157. The smallest absolute Gasteiger partial charge is 0.205 e. The summed E-state index contributed by atoms with van der Waals surface area (Å²) >= 11 is 0. The van der Waals surface area contributed by atoms with Crippen LogP contribution in [0, 0.1) is 0 Å². The predicted molar refractivity (Wildman–Crippen MR) is 115 cm³/mol. The minimum Gasteiger partial charge on any atom is -0.497 e. The van der Waals surface area contributed by atoms with Crippen LogP contribution in [-0.4, -0.2) is 40.3 Å². The second kappa shape index (κ2) is 10.1. The topological polar surface area (TPSA) is 61.8 Å². The first-order chi connectivity index (χ1) is 14.0. The number of rotatable bonds is 8. The van der Waals surface area contributed by atoms with E-state index in [2.05, 4.69) is 0 Å². The van der Waals surface area contributed by atoms with Gasteiger partial charge < -0.3 is 14.2 Å². The van der Waals surface area contributed by atoms with Crippen LogP contribution >= 0.6 is 0 Å². The lowest BCUT2D eigenvalue weighted by molar-refractivity contribution is -0.0617. The zero-order chi connectivity index (χ0) is 20.7. The SMILES string of the molecule is CCC(OC1CCCOC1)S(=O)(=O)c1ccc(C=Cc2ccc(OC)cc2)cc1. The average molecular weight is 417 g/mol. The van der Waals surface area contributed by atoms with Crippen molar-refractivity contribution in [1.29, 1.82) is 0 Å². The Morgan fingerprint density at radius 3 is 2.21 bits per heavy atom. The summed E-state index contributed by atoms with van der Waals surface area (Å²) in [7, 11) is -1.92. The maximum absolute atomic E-state index is 13.0. The molecule has 0 bridgehead atoms. The number of hydrogen-bond donors (Lipinski definition) is 0. The van der Waals surface area contributed by atoms with E-state index in [1.165, 1.54) is 0 Å². The van der Waals surface area contributed by atoms with Crippen molar-refractivity contribution in [3.05, 3.63) is 59.7 Å². The van der Waals surface area contributed by atoms with Gasteiger partial charge in [-0.1, -0.05) is 43.3 Å². The Bertz CT molecular complexity index is 895. The van der Waals surface area contributed by atoms with Crippen LogP contribution in [0.3, 0.4) is 0 Å². The summed E-state index contributed by atoms with van der Waals surface area (Å²) in [5.74, 6) is 0.809. The predicted octanol–water partition coefficient (Wildman–Crippen LogP) is 4.57. The molecule has 5 nitrogen and oxygen atoms in total. The van der Waals surface area contributed by atoms with Crippen molar-refractivity contribution in [3.63, 3.8) is 0 Å². The monoisotopic (exact) mass is 416 g/mol. The summed E-state index contributed by atoms with van der Waals surface area (Å²) in [6.45, 7) is 3.01. The van der Waals surface area contributed by atoms with Crippen LogP contribution in [0.25, 0.3) is 12.2 Å². The van der Waals surface area contributed by atoms with Crippen LogP contribution < -0.4 is 4.74 Å². The van der Waals surface area contributed by atoms with Crippen molar-refractivity contribution in [2.75, 3.05) is 20.3 Å². The van der Waals surface area contributed by atoms with Crippen LogP contribution in [0.2, 0.25) is 0 Å². The second-order valence-corrected chi connectivity index (χ2v) is 9.12. The number of sulfone groups is 1. The third-order valence-electron chi connectivity index (χ3n) is 4.93. The molecule has 2 atom stereocenters. The van der Waals surface area contributed by atoms with E-state index in [9.17, 15) is 8.42 Å². The van der Waals surface area contributed by atoms with Gasteiger partial charge in [-0.25, -0.2) is 8.42 Å². The fraction of sp³-hybridized carbons (Fsp3) is 0.391. The molecule has 1 aliphatic heterocycles. The molecule has 1 fully saturated rings. The lowest BCUT2D eigenvalue weighted by Gasteiger charge is -2.27. The van der Waals surface area contributed by atoms with Gasteiger partial charge in [0.05, 0.1) is 24.7 Å². The number of methoxy groups -OCH3 is 1. The molecule has 2 unspecified atom stereocenters. The molecular formula is C23H28O5S. The number of hydrogen-bond acceptors (Lipinski definition) is 5. The summed E-state index contributed by atoms with van der Waals surface area (Å²) in [4.78, 5) is 0.280. The van der Waals surface area contributed by atoms with E-state index in [1.54, 1.807) is 19.2 Å². The number of ether oxygens (including phenoxy) is 3. The Kier molecular flexibility index (Phi) is 7.47. The van der Waals surface area contributed by atoms with Gasteiger partial charge in [0.25, 0.3) is 0 Å². The molecule has 156 valence electrons. The molecule has 2 aromatic rings. The summed E-state index contributed by atoms with van der Waals surface area (Å²) in [6, 6.07) is 14.6. The van der Waals surface area contributed by atoms with Crippen molar-refractivity contribution < 1.29 is 22.6 Å². The highest BCUT2D eigenvalue weighted by Gasteiger charge is 2.30. The molecular weight excluding hydrogens is 388 g/mol. The fourth-order valence-electron chi connectivity index (χ4n) is 3.25. The lowest BCUT2D eigenvalue weighted by atomic mass is 10.1. The molecule has 1 heterocycles. The molecule has 0 amide bonds. The normalized spacial score (nSPS) is 18.6. The van der Waals surface area contributed by atoms with Gasteiger partial charge in [-0.05, 0) is 54.7 Å². The van der Waals surface area contributed by atoms with E-state index in [0.717, 1.165) is 36.3 Å². The van der Waals surface area contributed by atoms with Crippen molar-refractivity contribution >= 4 is 22.0 Å². The molecule has 0 aliphatic carbocycles. The molecule has 1 saturated heterocycles. The molecule has 0 radical (unpaired) electrons. The van der Waals surface area contributed by atoms with Crippen LogP contribution in [0.4, 0.5) is 0 Å². The first-order valence-corrected chi connectivity index (χ1v) is 11.5. The quantitative estimate of drug-likeness (QED) is 0.590. The fourth-order valence-corrected chi connectivity index (χ4v) is 4.81. The van der Waals surface area contributed by atoms with E-state index in [-0.39, 0.29) is 11.0 Å². The van der Waals surface area contributed by atoms with Crippen LogP contribution in [0.1, 0.15) is 37.3 Å². The molecule has 29 heavy (non-hydrogen) atoms. The Morgan fingerprint density at radius 1 is 1.07 bits per heavy atom. The zero-order valence-corrected chi connectivity index (χ0v) is 17.7. The summed E-state index contributed by atoms with van der Waals surface area (Å²) in [5.41, 5.74) is 1.11. The van der Waals surface area contributed by atoms with Crippen LogP contribution in [0.15, 0.2) is 53.4 Å². The van der Waals surface area contributed by atoms with Gasteiger partial charge in [0.1, 0.15) is 5.75 Å². The molecule has 6 heteroatoms. The summed E-state index contributed by atoms with van der Waals surface area (Å²) in [6.07, 6.45) is 5.90. The van der Waals surface area contributed by atoms with Gasteiger partial charge in [-0.15, -0.1) is 0 Å². The highest BCUT2D eigenvalue weighted by Crippen LogP contribution is 2.24. The average Bonchev–Trinajstić information content (AvgIpc) is 2.77. The largest absolute Gasteiger partial charge is 0.497 e. The van der Waals surface area contributed by atoms with E-state index in [0.29, 0.717) is 13.0 Å². The van der Waals surface area contributed by atoms with E-state index in [4.69, 9.17) is 14.2 Å². The van der Waals surface area contributed by atoms with Gasteiger partial charge in [-0.2, -0.15) is 0 Å². The Labute approximate surface area is 173 Å². The molecule has 0 spiro atoms. The van der Waals surface area contributed by atoms with Crippen molar-refractivity contribution in [2.45, 2.75) is 42.6 Å². The highest BCUT2D eigenvalue weighted by molar-refractivity contribution is 7.91. The van der Waals surface area contributed by atoms with Gasteiger partial charge in [0, 0.05) is 6.61 Å². The zero-order valence-electron chi connectivity index (χ0n) is 16.9. The lowest BCUT2D eigenvalue weighted by Crippen LogP contribution is -2.34. The number of benzene rings is 2. The highest BCUT2D eigenvalue weighted by atomic mass is 32.2.